The van der Waals surface area contributed by atoms with E-state index in [1.165, 1.54) is 49.6 Å². The number of likely N-dealkylation sites (tertiary alicyclic amines) is 1. The molecule has 0 radical (unpaired) electrons. The number of carbonyl (C=O) groups is 2. The molecular weight excluding hydrogens is 928 g/mol. The van der Waals surface area contributed by atoms with E-state index in [0.717, 1.165) is 88.5 Å². The molecular formula is C42H50F2I2N6O3. The van der Waals surface area contributed by atoms with Crippen molar-refractivity contribution < 1.29 is 23.1 Å². The van der Waals surface area contributed by atoms with Gasteiger partial charge in [0, 0.05) is 51.2 Å². The highest BCUT2D eigenvalue weighted by Gasteiger charge is 2.17. The zero-order valence-electron chi connectivity index (χ0n) is 31.5. The van der Waals surface area contributed by atoms with Gasteiger partial charge in [-0.3, -0.25) is 14.5 Å². The molecule has 0 saturated carbocycles. The maximum absolute atomic E-state index is 13.8. The number of nitrogens with zero attached hydrogens (tertiary/aromatic N) is 2. The number of carbonyl (C=O) groups excluding carboxylic acids is 2. The summed E-state index contributed by atoms with van der Waals surface area (Å²) in [7, 11) is 0. The molecule has 0 atom stereocenters. The van der Waals surface area contributed by atoms with Gasteiger partial charge in [-0.25, -0.2) is 8.78 Å². The molecule has 4 N–H and O–H groups in total. The molecule has 2 saturated heterocycles. The van der Waals surface area contributed by atoms with E-state index in [4.69, 9.17) is 4.74 Å². The quantitative estimate of drug-likeness (QED) is 0.0788. The molecule has 2 fully saturated rings. The molecule has 2 amide bonds. The minimum Gasteiger partial charge on any atom is -0.379 e. The number of rotatable bonds is 13. The number of piperidine rings is 1. The van der Waals surface area contributed by atoms with Gasteiger partial charge < -0.3 is 30.9 Å². The van der Waals surface area contributed by atoms with E-state index in [-0.39, 0.29) is 23.4 Å². The van der Waals surface area contributed by atoms with Crippen molar-refractivity contribution in [1.29, 1.82) is 0 Å². The molecule has 55 heavy (non-hydrogen) atoms. The largest absolute Gasteiger partial charge is 0.379 e. The van der Waals surface area contributed by atoms with Crippen LogP contribution in [0.25, 0.3) is 0 Å². The Labute approximate surface area is 350 Å². The molecule has 0 aliphatic carbocycles. The van der Waals surface area contributed by atoms with Gasteiger partial charge in [0.2, 0.25) is 0 Å². The van der Waals surface area contributed by atoms with Crippen LogP contribution >= 0.6 is 45.2 Å². The summed E-state index contributed by atoms with van der Waals surface area (Å²) in [5.41, 5.74) is 5.62. The summed E-state index contributed by atoms with van der Waals surface area (Å²) in [6, 6.07) is 20.3. The Kier molecular flexibility index (Phi) is 16.9. The number of hydrogen-bond acceptors (Lipinski definition) is 7. The number of ether oxygens (including phenoxy) is 1. The smallest absolute Gasteiger partial charge is 0.253 e. The number of morpholine rings is 1. The summed E-state index contributed by atoms with van der Waals surface area (Å²) in [5, 5.41) is 12.3. The standard InChI is InChI=1S/C22H27FIN3O.C20H23FIN3O2/c1-16-14-18(24)7-9-20(16)26-21-15-17(23)6-8-19(21)22(28)25-10-5-13-27-11-3-2-4-12-27;1-14-12-16(22)3-5-18(14)24-19-13-15(21)2-4-17(19)20(26)23-6-7-25-8-10-27-11-9-25/h6-9,14-15,26H,2-5,10-13H2,1H3,(H,25,28);2-5,12-13,24H,6-11H2,1H3,(H,23,26). The normalized spacial score (nSPS) is 14.7. The first-order chi connectivity index (χ1) is 26.5. The van der Waals surface area contributed by atoms with Crippen LogP contribution in [0.3, 0.4) is 0 Å². The first-order valence-corrected chi connectivity index (χ1v) is 21.0. The fraction of sp³-hybridized carbons (Fsp3) is 0.381. The molecule has 6 rings (SSSR count). The lowest BCUT2D eigenvalue weighted by atomic mass is 10.1. The molecule has 2 aliphatic heterocycles. The zero-order chi connectivity index (χ0) is 39.2. The van der Waals surface area contributed by atoms with E-state index in [1.807, 2.05) is 50.2 Å². The van der Waals surface area contributed by atoms with Gasteiger partial charge in [-0.2, -0.15) is 0 Å². The van der Waals surface area contributed by atoms with E-state index < -0.39 is 0 Å². The minimum absolute atomic E-state index is 0.177. The van der Waals surface area contributed by atoms with Crippen molar-refractivity contribution in [3.05, 3.63) is 114 Å². The minimum atomic E-state index is -0.384. The van der Waals surface area contributed by atoms with Crippen LogP contribution in [-0.4, -0.2) is 87.2 Å². The van der Waals surface area contributed by atoms with Gasteiger partial charge in [-0.1, -0.05) is 6.42 Å². The van der Waals surface area contributed by atoms with Crippen LogP contribution in [0.2, 0.25) is 0 Å². The van der Waals surface area contributed by atoms with Crippen LogP contribution in [0.4, 0.5) is 31.5 Å². The van der Waals surface area contributed by atoms with Crippen LogP contribution in [0.1, 0.15) is 57.5 Å². The highest BCUT2D eigenvalue weighted by molar-refractivity contribution is 14.1. The van der Waals surface area contributed by atoms with E-state index in [0.29, 0.717) is 35.6 Å². The molecule has 0 bridgehead atoms. The lowest BCUT2D eigenvalue weighted by molar-refractivity contribution is 0.0383. The number of hydrogen-bond donors (Lipinski definition) is 4. The number of amides is 2. The fourth-order valence-electron chi connectivity index (χ4n) is 6.49. The Hall–Kier alpha value is -3.38. The summed E-state index contributed by atoms with van der Waals surface area (Å²) < 4.78 is 35.2. The van der Waals surface area contributed by atoms with Crippen molar-refractivity contribution in [2.24, 2.45) is 0 Å². The third-order valence-electron chi connectivity index (χ3n) is 9.57. The van der Waals surface area contributed by atoms with Gasteiger partial charge in [-0.05, 0) is 182 Å². The van der Waals surface area contributed by atoms with Gasteiger partial charge in [-0.15, -0.1) is 0 Å². The van der Waals surface area contributed by atoms with E-state index in [1.54, 1.807) is 6.07 Å². The Morgan fingerprint density at radius 1 is 0.618 bits per heavy atom. The maximum Gasteiger partial charge on any atom is 0.253 e. The van der Waals surface area contributed by atoms with Crippen LogP contribution in [0.5, 0.6) is 0 Å². The monoisotopic (exact) mass is 978 g/mol. The molecule has 294 valence electrons. The molecule has 4 aromatic rings. The van der Waals surface area contributed by atoms with E-state index in [2.05, 4.69) is 76.2 Å². The van der Waals surface area contributed by atoms with Crippen LogP contribution in [0, 0.1) is 32.6 Å². The number of nitrogens with one attached hydrogen (secondary N) is 4. The second kappa shape index (κ2) is 21.8. The van der Waals surface area contributed by atoms with Crippen LogP contribution < -0.4 is 21.3 Å². The molecule has 2 aliphatic rings. The summed E-state index contributed by atoms with van der Waals surface area (Å²) in [6.45, 7) is 12.5. The number of halogens is 4. The first-order valence-electron chi connectivity index (χ1n) is 18.8. The SMILES string of the molecule is Cc1cc(I)ccc1Nc1cc(F)ccc1C(=O)NCCCN1CCCCC1.Cc1cc(I)ccc1Nc1cc(F)ccc1C(=O)NCCN1CCOCC1. The molecule has 0 aromatic heterocycles. The van der Waals surface area contributed by atoms with Crippen molar-refractivity contribution in [3.63, 3.8) is 0 Å². The molecule has 9 nitrogen and oxygen atoms in total. The maximum atomic E-state index is 13.8. The summed E-state index contributed by atoms with van der Waals surface area (Å²) in [5.74, 6) is -1.14. The number of benzene rings is 4. The van der Waals surface area contributed by atoms with Crippen LogP contribution in [0.15, 0.2) is 72.8 Å². The molecule has 4 aromatic carbocycles. The molecule has 2 heterocycles. The van der Waals surface area contributed by atoms with Gasteiger partial charge in [0.25, 0.3) is 11.8 Å². The summed E-state index contributed by atoms with van der Waals surface area (Å²) in [6.07, 6.45) is 4.80. The van der Waals surface area contributed by atoms with Crippen molar-refractivity contribution in [3.8, 4) is 0 Å². The third kappa shape index (κ3) is 13.7. The van der Waals surface area contributed by atoms with E-state index in [9.17, 15) is 18.4 Å². The topological polar surface area (TPSA) is 98.0 Å². The Balaban J connectivity index is 0.000000211. The van der Waals surface area contributed by atoms with Gasteiger partial charge in [0.1, 0.15) is 11.6 Å². The van der Waals surface area contributed by atoms with Crippen molar-refractivity contribution in [2.75, 3.05) is 76.2 Å². The second-order valence-electron chi connectivity index (χ2n) is 13.8. The van der Waals surface area contributed by atoms with E-state index >= 15 is 0 Å². The third-order valence-corrected chi connectivity index (χ3v) is 10.9. The predicted octanol–water partition coefficient (Wildman–Crippen LogP) is 8.63. The van der Waals surface area contributed by atoms with Crippen molar-refractivity contribution in [2.45, 2.75) is 39.5 Å². The van der Waals surface area contributed by atoms with Gasteiger partial charge in [0.05, 0.1) is 35.7 Å². The Morgan fingerprint density at radius 2 is 1.11 bits per heavy atom. The Morgan fingerprint density at radius 3 is 1.62 bits per heavy atom. The van der Waals surface area contributed by atoms with Gasteiger partial charge >= 0.3 is 0 Å². The lowest BCUT2D eigenvalue weighted by Crippen LogP contribution is -2.41. The fourth-order valence-corrected chi connectivity index (χ4v) is 7.78. The van der Waals surface area contributed by atoms with Gasteiger partial charge in [0.15, 0.2) is 0 Å². The average Bonchev–Trinajstić information content (AvgIpc) is 3.17. The summed E-state index contributed by atoms with van der Waals surface area (Å²) >= 11 is 4.50. The molecule has 0 spiro atoms. The van der Waals surface area contributed by atoms with Crippen LogP contribution in [-0.2, 0) is 4.74 Å². The average molecular weight is 979 g/mol. The molecule has 0 unspecified atom stereocenters. The second-order valence-corrected chi connectivity index (χ2v) is 16.3. The first kappa shape index (κ1) is 42.8. The summed E-state index contributed by atoms with van der Waals surface area (Å²) in [4.78, 5) is 30.0. The number of aryl methyl sites for hydroxylation is 2. The predicted molar refractivity (Wildman–Crippen MR) is 234 cm³/mol. The lowest BCUT2D eigenvalue weighted by Gasteiger charge is -2.26. The van der Waals surface area contributed by atoms with Crippen molar-refractivity contribution in [1.82, 2.24) is 20.4 Å². The zero-order valence-corrected chi connectivity index (χ0v) is 35.8. The molecule has 13 heteroatoms. The highest BCUT2D eigenvalue weighted by atomic mass is 127. The highest BCUT2D eigenvalue weighted by Crippen LogP contribution is 2.27. The number of anilines is 4. The van der Waals surface area contributed by atoms with Crippen molar-refractivity contribution >= 4 is 79.7 Å². The Bertz CT molecular complexity index is 1900.